The molecular weight excluding hydrogens is 410 g/mol. The van der Waals surface area contributed by atoms with Crippen molar-refractivity contribution < 1.29 is 24.9 Å². The topological polar surface area (TPSA) is 147 Å². The van der Waals surface area contributed by atoms with Gasteiger partial charge in [-0.25, -0.2) is 9.97 Å². The third-order valence-electron chi connectivity index (χ3n) is 5.34. The summed E-state index contributed by atoms with van der Waals surface area (Å²) < 4.78 is 7.33. The van der Waals surface area contributed by atoms with Crippen LogP contribution in [0.4, 0.5) is 5.82 Å². The average Bonchev–Trinajstić information content (AvgIpc) is 3.38. The molecule has 30 heavy (non-hydrogen) atoms. The van der Waals surface area contributed by atoms with Crippen molar-refractivity contribution in [2.45, 2.75) is 31.0 Å². The Morgan fingerprint density at radius 1 is 1.43 bits per heavy atom. The van der Waals surface area contributed by atoms with E-state index in [9.17, 15) is 20.1 Å². The van der Waals surface area contributed by atoms with Crippen LogP contribution in [0.3, 0.4) is 0 Å². The summed E-state index contributed by atoms with van der Waals surface area (Å²) in [4.78, 5) is 22.9. The molecular formula is C19H23N5O5S. The number of aromatic nitrogens is 3. The molecule has 2 unspecified atom stereocenters. The first-order valence-corrected chi connectivity index (χ1v) is 10.1. The molecule has 10 nitrogen and oxygen atoms in total. The van der Waals surface area contributed by atoms with Crippen molar-refractivity contribution in [1.29, 1.82) is 0 Å². The van der Waals surface area contributed by atoms with Gasteiger partial charge in [0.2, 0.25) is 0 Å². The van der Waals surface area contributed by atoms with E-state index in [0.717, 1.165) is 4.88 Å². The number of hydrogen-bond donors (Lipinski definition) is 4. The number of nitrogens with two attached hydrogens (primary N) is 1. The SMILES string of the molecule is CN(C)C(=O)c1csc(-c2cn([C@@H]3OC(CO)C(O)[C@@]3(C)O)c3ncnc(N)c23)c1. The van der Waals surface area contributed by atoms with Crippen LogP contribution < -0.4 is 5.73 Å². The Bertz CT molecular complexity index is 1110. The molecule has 4 atom stereocenters. The lowest BCUT2D eigenvalue weighted by atomic mass is 9.96. The number of ether oxygens (including phenoxy) is 1. The van der Waals surface area contributed by atoms with Gasteiger partial charge in [0, 0.05) is 36.1 Å². The molecule has 1 amide bonds. The van der Waals surface area contributed by atoms with Crippen molar-refractivity contribution in [3.8, 4) is 10.4 Å². The van der Waals surface area contributed by atoms with Crippen molar-refractivity contribution in [2.24, 2.45) is 0 Å². The zero-order chi connectivity index (χ0) is 21.8. The zero-order valence-corrected chi connectivity index (χ0v) is 17.5. The van der Waals surface area contributed by atoms with Crippen LogP contribution in [-0.2, 0) is 4.74 Å². The van der Waals surface area contributed by atoms with E-state index in [1.165, 1.54) is 29.5 Å². The maximum atomic E-state index is 12.3. The summed E-state index contributed by atoms with van der Waals surface area (Å²) in [5.41, 5.74) is 6.08. The van der Waals surface area contributed by atoms with Crippen molar-refractivity contribution in [3.05, 3.63) is 29.5 Å². The predicted octanol–water partition coefficient (Wildman–Crippen LogP) is 0.445. The highest BCUT2D eigenvalue weighted by Crippen LogP contribution is 2.43. The van der Waals surface area contributed by atoms with E-state index in [1.54, 1.807) is 36.3 Å². The van der Waals surface area contributed by atoms with E-state index in [-0.39, 0.29) is 11.7 Å². The first-order chi connectivity index (χ1) is 14.2. The number of carbonyl (C=O) groups excluding carboxylic acids is 1. The monoisotopic (exact) mass is 433 g/mol. The third-order valence-corrected chi connectivity index (χ3v) is 6.31. The number of amides is 1. The minimum Gasteiger partial charge on any atom is -0.394 e. The predicted molar refractivity (Wildman–Crippen MR) is 111 cm³/mol. The van der Waals surface area contributed by atoms with Crippen molar-refractivity contribution in [3.63, 3.8) is 0 Å². The quantitative estimate of drug-likeness (QED) is 0.464. The summed E-state index contributed by atoms with van der Waals surface area (Å²) in [5, 5.41) is 33.1. The third kappa shape index (κ3) is 3.06. The first-order valence-electron chi connectivity index (χ1n) is 9.25. The molecule has 5 N–H and O–H groups in total. The molecule has 1 aliphatic heterocycles. The van der Waals surface area contributed by atoms with Gasteiger partial charge in [0.1, 0.15) is 35.6 Å². The van der Waals surface area contributed by atoms with Crippen LogP contribution in [-0.4, -0.2) is 79.2 Å². The minimum atomic E-state index is -1.68. The summed E-state index contributed by atoms with van der Waals surface area (Å²) in [6.07, 6.45) is -0.249. The van der Waals surface area contributed by atoms with E-state index < -0.39 is 30.6 Å². The van der Waals surface area contributed by atoms with E-state index in [1.807, 2.05) is 0 Å². The molecule has 0 saturated carbocycles. The van der Waals surface area contributed by atoms with Gasteiger partial charge < -0.3 is 35.3 Å². The number of rotatable bonds is 4. The van der Waals surface area contributed by atoms with Crippen LogP contribution >= 0.6 is 11.3 Å². The maximum absolute atomic E-state index is 12.3. The fraction of sp³-hybridized carbons (Fsp3) is 0.421. The van der Waals surface area contributed by atoms with Gasteiger partial charge in [-0.05, 0) is 13.0 Å². The Morgan fingerprint density at radius 3 is 2.80 bits per heavy atom. The zero-order valence-electron chi connectivity index (χ0n) is 16.7. The van der Waals surface area contributed by atoms with Crippen LogP contribution in [0.1, 0.15) is 23.5 Å². The molecule has 1 aliphatic rings. The first kappa shape index (κ1) is 20.7. The van der Waals surface area contributed by atoms with Gasteiger partial charge in [0.25, 0.3) is 5.91 Å². The second-order valence-electron chi connectivity index (χ2n) is 7.69. The van der Waals surface area contributed by atoms with Crippen LogP contribution in [0.2, 0.25) is 0 Å². The number of aliphatic hydroxyl groups is 3. The van der Waals surface area contributed by atoms with Crippen molar-refractivity contribution >= 4 is 34.1 Å². The fourth-order valence-electron chi connectivity index (χ4n) is 3.71. The van der Waals surface area contributed by atoms with Crippen LogP contribution in [0.5, 0.6) is 0 Å². The molecule has 11 heteroatoms. The van der Waals surface area contributed by atoms with Crippen molar-refractivity contribution in [1.82, 2.24) is 19.4 Å². The molecule has 0 spiro atoms. The molecule has 3 aromatic rings. The number of nitrogen functional groups attached to an aromatic ring is 1. The van der Waals surface area contributed by atoms with Gasteiger partial charge >= 0.3 is 0 Å². The van der Waals surface area contributed by atoms with E-state index in [4.69, 9.17) is 10.5 Å². The largest absolute Gasteiger partial charge is 0.394 e. The molecule has 3 aromatic heterocycles. The number of aliphatic hydroxyl groups excluding tert-OH is 2. The van der Waals surface area contributed by atoms with Gasteiger partial charge in [-0.15, -0.1) is 11.3 Å². The lowest BCUT2D eigenvalue weighted by molar-refractivity contribution is -0.0948. The van der Waals surface area contributed by atoms with Crippen LogP contribution in [0.25, 0.3) is 21.5 Å². The van der Waals surface area contributed by atoms with E-state index in [0.29, 0.717) is 22.2 Å². The molecule has 0 radical (unpaired) electrons. The van der Waals surface area contributed by atoms with Crippen molar-refractivity contribution in [2.75, 3.05) is 26.4 Å². The summed E-state index contributed by atoms with van der Waals surface area (Å²) in [7, 11) is 3.36. The smallest absolute Gasteiger partial charge is 0.254 e. The number of fused-ring (bicyclic) bond motifs is 1. The summed E-state index contributed by atoms with van der Waals surface area (Å²) in [5.74, 6) is 0.112. The molecule has 0 aromatic carbocycles. The molecule has 1 fully saturated rings. The fourth-order valence-corrected chi connectivity index (χ4v) is 4.61. The summed E-state index contributed by atoms with van der Waals surface area (Å²) >= 11 is 1.37. The van der Waals surface area contributed by atoms with Gasteiger partial charge in [-0.3, -0.25) is 4.79 Å². The molecule has 0 aliphatic carbocycles. The lowest BCUT2D eigenvalue weighted by Crippen LogP contribution is -2.44. The molecule has 4 rings (SSSR count). The van der Waals surface area contributed by atoms with Gasteiger partial charge in [0.05, 0.1) is 17.6 Å². The summed E-state index contributed by atoms with van der Waals surface area (Å²) in [6.45, 7) is 0.991. The Morgan fingerprint density at radius 2 is 2.17 bits per heavy atom. The normalized spacial score (nSPS) is 26.4. The average molecular weight is 433 g/mol. The van der Waals surface area contributed by atoms with Gasteiger partial charge in [0.15, 0.2) is 6.23 Å². The highest BCUT2D eigenvalue weighted by atomic mass is 32.1. The minimum absolute atomic E-state index is 0.124. The molecule has 0 bridgehead atoms. The molecule has 160 valence electrons. The number of carbonyl (C=O) groups is 1. The van der Waals surface area contributed by atoms with Gasteiger partial charge in [-0.2, -0.15) is 0 Å². The molecule has 4 heterocycles. The van der Waals surface area contributed by atoms with Crippen LogP contribution in [0, 0.1) is 0 Å². The van der Waals surface area contributed by atoms with E-state index in [2.05, 4.69) is 9.97 Å². The highest BCUT2D eigenvalue weighted by molar-refractivity contribution is 7.14. The Balaban J connectivity index is 1.87. The maximum Gasteiger partial charge on any atom is 0.254 e. The number of thiophene rings is 1. The number of hydrogen-bond acceptors (Lipinski definition) is 9. The Labute approximate surface area is 176 Å². The van der Waals surface area contributed by atoms with E-state index >= 15 is 0 Å². The van der Waals surface area contributed by atoms with Gasteiger partial charge in [-0.1, -0.05) is 0 Å². The second-order valence-corrected chi connectivity index (χ2v) is 8.60. The summed E-state index contributed by atoms with van der Waals surface area (Å²) in [6, 6.07) is 1.76. The number of anilines is 1. The highest BCUT2D eigenvalue weighted by Gasteiger charge is 2.53. The Hall–Kier alpha value is -2.57. The number of nitrogens with zero attached hydrogens (tertiary/aromatic N) is 4. The lowest BCUT2D eigenvalue weighted by Gasteiger charge is -2.27. The second kappa shape index (κ2) is 7.29. The standard InChI is InChI=1S/C19H23N5O5S/c1-19(28)14(26)11(6-25)29-18(19)24-5-10(13-15(20)21-8-22-16(13)24)12-4-9(7-30-12)17(27)23(2)3/h4-5,7-8,11,14,18,25-26,28H,6H2,1-3H3,(H2,20,21,22)/t11?,14?,18-,19-/m1/s1. The van der Waals surface area contributed by atoms with Crippen LogP contribution in [0.15, 0.2) is 24.0 Å². The molecule has 1 saturated heterocycles. The Kier molecular flexibility index (Phi) is 5.03.